The Kier molecular flexibility index (Phi) is 9.44. The van der Waals surface area contributed by atoms with Crippen molar-refractivity contribution in [2.45, 2.75) is 123 Å². The van der Waals surface area contributed by atoms with E-state index in [0.717, 1.165) is 38.5 Å². The number of carbonyl (C=O) groups excluding carboxylic acids is 3. The molecule has 2 bridgehead atoms. The fraction of sp³-hybridized carbons (Fsp3) is 0.906. The minimum absolute atomic E-state index is 0.00652. The van der Waals surface area contributed by atoms with Crippen LogP contribution >= 0.6 is 11.8 Å². The zero-order valence-corrected chi connectivity index (χ0v) is 26.7. The highest BCUT2D eigenvalue weighted by Crippen LogP contribution is 2.68. The summed E-state index contributed by atoms with van der Waals surface area (Å²) in [6.07, 6.45) is 5.53. The van der Waals surface area contributed by atoms with Gasteiger partial charge in [-0.1, -0.05) is 48.5 Å². The maximum atomic E-state index is 13.6. The first-order valence-corrected chi connectivity index (χ1v) is 16.8. The summed E-state index contributed by atoms with van der Waals surface area (Å²) in [6.45, 7) is 16.1. The minimum Gasteiger partial charge on any atom is -0.461 e. The standard InChI is InChI=1S/C32H54N2O5S/c1-8-30(6)16-24(31(7)20(4)11-13-32(21(5)28(30)37)14-12-23(35)27(31)32)39-25(36)18-40-22-10-9-15-34(17-22)29(38)26(33)19(2)3/h19-22,24,26-28,37H,8-18,33H2,1-7H3/t20-,21+,22+,24-,26+,27+,28+,30-,31+,32+/m1/s1. The zero-order valence-electron chi connectivity index (χ0n) is 25.9. The number of Topliss-reactive ketones (excluding diaryl/α,β-unsaturated/α-hetero) is 1. The fourth-order valence-corrected chi connectivity index (χ4v) is 9.91. The zero-order chi connectivity index (χ0) is 29.6. The van der Waals surface area contributed by atoms with E-state index in [1.54, 1.807) is 11.8 Å². The second-order valence-electron chi connectivity index (χ2n) is 14.5. The van der Waals surface area contributed by atoms with E-state index in [1.807, 2.05) is 18.7 Å². The molecule has 4 rings (SSSR count). The average Bonchev–Trinajstić information content (AvgIpc) is 3.29. The van der Waals surface area contributed by atoms with Crippen LogP contribution in [-0.2, 0) is 19.1 Å². The van der Waals surface area contributed by atoms with E-state index in [0.29, 0.717) is 25.9 Å². The van der Waals surface area contributed by atoms with Crippen LogP contribution in [0.1, 0.15) is 99.8 Å². The van der Waals surface area contributed by atoms with Crippen molar-refractivity contribution in [2.24, 2.45) is 45.7 Å². The molecule has 3 aliphatic carbocycles. The first-order chi connectivity index (χ1) is 18.7. The van der Waals surface area contributed by atoms with Crippen molar-refractivity contribution in [2.75, 3.05) is 18.8 Å². The Bertz CT molecular complexity index is 975. The van der Waals surface area contributed by atoms with Gasteiger partial charge in [0.25, 0.3) is 0 Å². The third-order valence-electron chi connectivity index (χ3n) is 12.1. The van der Waals surface area contributed by atoms with Gasteiger partial charge in [-0.25, -0.2) is 0 Å². The van der Waals surface area contributed by atoms with Gasteiger partial charge in [0, 0.05) is 36.1 Å². The molecule has 8 heteroatoms. The number of ketones is 1. The predicted molar refractivity (Wildman–Crippen MR) is 160 cm³/mol. The molecule has 228 valence electrons. The summed E-state index contributed by atoms with van der Waals surface area (Å²) in [6, 6.07) is -0.498. The first-order valence-electron chi connectivity index (χ1n) is 15.8. The molecule has 0 aromatic carbocycles. The number of piperidine rings is 1. The molecule has 4 fully saturated rings. The molecule has 0 aromatic heterocycles. The van der Waals surface area contributed by atoms with Crippen LogP contribution in [0, 0.1) is 39.9 Å². The predicted octanol–water partition coefficient (Wildman–Crippen LogP) is 4.82. The van der Waals surface area contributed by atoms with Crippen LogP contribution in [0.3, 0.4) is 0 Å². The molecule has 3 N–H and O–H groups in total. The van der Waals surface area contributed by atoms with Gasteiger partial charge in [-0.15, -0.1) is 11.8 Å². The Morgan fingerprint density at radius 3 is 2.55 bits per heavy atom. The van der Waals surface area contributed by atoms with Crippen molar-refractivity contribution in [3.8, 4) is 0 Å². The molecule has 0 spiro atoms. The topological polar surface area (TPSA) is 110 Å². The van der Waals surface area contributed by atoms with Crippen LogP contribution < -0.4 is 5.73 Å². The molecule has 0 unspecified atom stereocenters. The van der Waals surface area contributed by atoms with E-state index < -0.39 is 29.1 Å². The van der Waals surface area contributed by atoms with Gasteiger partial charge in [-0.2, -0.15) is 0 Å². The van der Waals surface area contributed by atoms with E-state index in [9.17, 15) is 19.5 Å². The summed E-state index contributed by atoms with van der Waals surface area (Å²) in [4.78, 5) is 41.8. The molecule has 3 saturated carbocycles. The lowest BCUT2D eigenvalue weighted by atomic mass is 9.43. The van der Waals surface area contributed by atoms with Crippen molar-refractivity contribution in [3.63, 3.8) is 0 Å². The maximum absolute atomic E-state index is 13.6. The summed E-state index contributed by atoms with van der Waals surface area (Å²) in [5.41, 5.74) is 5.04. The van der Waals surface area contributed by atoms with Gasteiger partial charge >= 0.3 is 5.97 Å². The first kappa shape index (κ1) is 31.8. The highest BCUT2D eigenvalue weighted by atomic mass is 32.2. The number of nitrogens with two attached hydrogens (primary N) is 1. The van der Waals surface area contributed by atoms with Gasteiger partial charge in [0.05, 0.1) is 17.9 Å². The van der Waals surface area contributed by atoms with E-state index in [1.165, 1.54) is 0 Å². The van der Waals surface area contributed by atoms with Crippen LogP contribution in [-0.4, -0.2) is 70.0 Å². The number of aliphatic hydroxyl groups excluding tert-OH is 1. The smallest absolute Gasteiger partial charge is 0.316 e. The van der Waals surface area contributed by atoms with E-state index >= 15 is 0 Å². The largest absolute Gasteiger partial charge is 0.461 e. The Balaban J connectivity index is 1.52. The average molecular weight is 579 g/mol. The Labute approximate surface area is 246 Å². The number of ether oxygens (including phenoxy) is 1. The van der Waals surface area contributed by atoms with Crippen molar-refractivity contribution < 1.29 is 24.2 Å². The van der Waals surface area contributed by atoms with Crippen LogP contribution in [0.5, 0.6) is 0 Å². The van der Waals surface area contributed by atoms with E-state index in [2.05, 4.69) is 34.6 Å². The fourth-order valence-electron chi connectivity index (χ4n) is 8.86. The number of aliphatic hydroxyl groups is 1. The van der Waals surface area contributed by atoms with Crippen LogP contribution in [0.15, 0.2) is 0 Å². The molecule has 10 atom stereocenters. The highest BCUT2D eigenvalue weighted by Gasteiger charge is 2.68. The van der Waals surface area contributed by atoms with Gasteiger partial charge in [-0.3, -0.25) is 14.4 Å². The lowest BCUT2D eigenvalue weighted by molar-refractivity contribution is -0.211. The lowest BCUT2D eigenvalue weighted by Crippen LogP contribution is -2.63. The van der Waals surface area contributed by atoms with Crippen molar-refractivity contribution >= 4 is 29.4 Å². The van der Waals surface area contributed by atoms with Gasteiger partial charge in [-0.05, 0) is 73.5 Å². The molecule has 7 nitrogen and oxygen atoms in total. The Hall–Kier alpha value is -1.12. The lowest BCUT2D eigenvalue weighted by Gasteiger charge is -2.62. The molecule has 0 radical (unpaired) electrons. The summed E-state index contributed by atoms with van der Waals surface area (Å²) in [7, 11) is 0. The molecule has 40 heavy (non-hydrogen) atoms. The molecular weight excluding hydrogens is 524 g/mol. The number of thioether (sulfide) groups is 1. The number of amides is 1. The molecule has 1 aliphatic heterocycles. The summed E-state index contributed by atoms with van der Waals surface area (Å²) >= 11 is 1.57. The number of rotatable bonds is 7. The summed E-state index contributed by atoms with van der Waals surface area (Å²) < 4.78 is 6.43. The number of carbonyl (C=O) groups is 3. The van der Waals surface area contributed by atoms with Crippen molar-refractivity contribution in [1.82, 2.24) is 4.90 Å². The molecule has 1 saturated heterocycles. The monoisotopic (exact) mass is 578 g/mol. The molecule has 1 heterocycles. The molecular formula is C32H54N2O5S. The van der Waals surface area contributed by atoms with Crippen LogP contribution in [0.2, 0.25) is 0 Å². The van der Waals surface area contributed by atoms with Gasteiger partial charge in [0.15, 0.2) is 0 Å². The van der Waals surface area contributed by atoms with Crippen molar-refractivity contribution in [1.29, 1.82) is 0 Å². The number of likely N-dealkylation sites (tertiary alicyclic amines) is 1. The quantitative estimate of drug-likeness (QED) is 0.417. The Morgan fingerprint density at radius 2 is 1.90 bits per heavy atom. The van der Waals surface area contributed by atoms with E-state index in [-0.39, 0.29) is 57.7 Å². The van der Waals surface area contributed by atoms with E-state index in [4.69, 9.17) is 10.5 Å². The maximum Gasteiger partial charge on any atom is 0.316 e. The number of hydrogen-bond acceptors (Lipinski definition) is 7. The van der Waals surface area contributed by atoms with Crippen LogP contribution in [0.4, 0.5) is 0 Å². The minimum atomic E-state index is -0.553. The normalized spacial score (nSPS) is 42.6. The van der Waals surface area contributed by atoms with Gasteiger partial charge in [0.2, 0.25) is 5.91 Å². The van der Waals surface area contributed by atoms with Gasteiger partial charge < -0.3 is 20.5 Å². The molecule has 0 aromatic rings. The summed E-state index contributed by atoms with van der Waals surface area (Å²) in [5, 5.41) is 11.9. The van der Waals surface area contributed by atoms with Crippen molar-refractivity contribution in [3.05, 3.63) is 0 Å². The summed E-state index contributed by atoms with van der Waals surface area (Å²) in [5.74, 6) is 0.401. The van der Waals surface area contributed by atoms with Gasteiger partial charge in [0.1, 0.15) is 11.9 Å². The molecule has 4 aliphatic rings. The SMILES string of the molecule is CC[C@]1(C)C[C@@H](OC(=O)CS[C@H]2CCCN(C(=O)[C@@H](N)C(C)C)C2)[C@]2(C)[C@H](C)CC[C@]3(CCC(=O)[C@H]32)[C@@H](C)[C@@H]1O. The number of hydrogen-bond donors (Lipinski definition) is 2. The third kappa shape index (κ3) is 5.39. The second kappa shape index (κ2) is 11.9. The Morgan fingerprint density at radius 1 is 1.20 bits per heavy atom. The molecule has 1 amide bonds. The third-order valence-corrected chi connectivity index (χ3v) is 13.4. The number of nitrogens with zero attached hydrogens (tertiary/aromatic N) is 1. The number of esters is 1. The van der Waals surface area contributed by atoms with Crippen LogP contribution in [0.25, 0.3) is 0 Å². The highest BCUT2D eigenvalue weighted by molar-refractivity contribution is 8.00. The second-order valence-corrected chi connectivity index (χ2v) is 15.8.